The van der Waals surface area contributed by atoms with E-state index in [-0.39, 0.29) is 5.56 Å². The molecule has 100 valence electrons. The smallest absolute Gasteiger partial charge is 0.267 e. The van der Waals surface area contributed by atoms with Gasteiger partial charge < -0.3 is 0 Å². The number of hydrogen-bond donors (Lipinski definition) is 1. The lowest BCUT2D eigenvalue weighted by atomic mass is 10.1. The van der Waals surface area contributed by atoms with Gasteiger partial charge in [-0.2, -0.15) is 5.10 Å². The summed E-state index contributed by atoms with van der Waals surface area (Å²) in [6.45, 7) is 0. The van der Waals surface area contributed by atoms with Crippen LogP contribution in [0.15, 0.2) is 52.6 Å². The maximum atomic E-state index is 11.8. The average molecular weight is 303 g/mol. The van der Waals surface area contributed by atoms with E-state index in [1.807, 2.05) is 47.8 Å². The van der Waals surface area contributed by atoms with Crippen LogP contribution in [0.4, 0.5) is 0 Å². The van der Waals surface area contributed by atoms with Crippen molar-refractivity contribution in [1.82, 2.24) is 10.2 Å². The standard InChI is InChI=1S/C15H11ClN2OS/c16-12-5-3-10(4-6-12)14-9-11(15(19)18-17-14)8-13-2-1-7-20-13/h1-7,9H,8H2,(H,18,19). The number of rotatable bonds is 3. The lowest BCUT2D eigenvalue weighted by molar-refractivity contribution is 0.959. The van der Waals surface area contributed by atoms with Crippen LogP contribution in [-0.2, 0) is 6.42 Å². The second-order valence-electron chi connectivity index (χ2n) is 4.37. The molecule has 5 heteroatoms. The van der Waals surface area contributed by atoms with E-state index in [4.69, 9.17) is 11.6 Å². The lowest BCUT2D eigenvalue weighted by Crippen LogP contribution is -2.14. The van der Waals surface area contributed by atoms with Crippen molar-refractivity contribution in [2.24, 2.45) is 0 Å². The number of nitrogens with zero attached hydrogens (tertiary/aromatic N) is 1. The third kappa shape index (κ3) is 2.81. The quantitative estimate of drug-likeness (QED) is 0.801. The molecule has 0 bridgehead atoms. The molecule has 0 aliphatic carbocycles. The highest BCUT2D eigenvalue weighted by Crippen LogP contribution is 2.20. The molecule has 1 aromatic carbocycles. The zero-order chi connectivity index (χ0) is 13.9. The predicted molar refractivity (Wildman–Crippen MR) is 82.4 cm³/mol. The van der Waals surface area contributed by atoms with Crippen molar-refractivity contribution in [3.05, 3.63) is 73.7 Å². The fourth-order valence-electron chi connectivity index (χ4n) is 1.95. The van der Waals surface area contributed by atoms with Crippen molar-refractivity contribution >= 4 is 22.9 Å². The van der Waals surface area contributed by atoms with Crippen molar-refractivity contribution in [2.75, 3.05) is 0 Å². The Morgan fingerprint density at radius 1 is 1.20 bits per heavy atom. The molecule has 0 saturated carbocycles. The van der Waals surface area contributed by atoms with Gasteiger partial charge >= 0.3 is 0 Å². The second kappa shape index (κ2) is 5.61. The van der Waals surface area contributed by atoms with Crippen LogP contribution in [0.25, 0.3) is 11.3 Å². The minimum absolute atomic E-state index is 0.142. The summed E-state index contributed by atoms with van der Waals surface area (Å²) in [4.78, 5) is 13.0. The SMILES string of the molecule is O=c1[nH]nc(-c2ccc(Cl)cc2)cc1Cc1cccs1. The molecular weight excluding hydrogens is 292 g/mol. The van der Waals surface area contributed by atoms with Gasteiger partial charge in [0, 0.05) is 27.4 Å². The van der Waals surface area contributed by atoms with E-state index in [1.54, 1.807) is 11.3 Å². The van der Waals surface area contributed by atoms with Crippen LogP contribution in [0.3, 0.4) is 0 Å². The zero-order valence-electron chi connectivity index (χ0n) is 10.5. The van der Waals surface area contributed by atoms with Gasteiger partial charge in [0.2, 0.25) is 0 Å². The Balaban J connectivity index is 1.97. The maximum Gasteiger partial charge on any atom is 0.267 e. The molecule has 0 radical (unpaired) electrons. The van der Waals surface area contributed by atoms with Crippen LogP contribution in [0.2, 0.25) is 5.02 Å². The van der Waals surface area contributed by atoms with Gasteiger partial charge in [-0.25, -0.2) is 5.10 Å². The Morgan fingerprint density at radius 2 is 2.00 bits per heavy atom. The Bertz CT molecular complexity index is 763. The Labute approximate surface area is 124 Å². The maximum absolute atomic E-state index is 11.8. The van der Waals surface area contributed by atoms with E-state index in [9.17, 15) is 4.79 Å². The third-order valence-corrected chi connectivity index (χ3v) is 4.09. The minimum Gasteiger partial charge on any atom is -0.268 e. The second-order valence-corrected chi connectivity index (χ2v) is 5.84. The topological polar surface area (TPSA) is 45.8 Å². The zero-order valence-corrected chi connectivity index (χ0v) is 12.0. The van der Waals surface area contributed by atoms with Crippen LogP contribution >= 0.6 is 22.9 Å². The molecule has 3 nitrogen and oxygen atoms in total. The molecule has 2 heterocycles. The molecule has 3 aromatic rings. The summed E-state index contributed by atoms with van der Waals surface area (Å²) in [6, 6.07) is 13.2. The molecule has 0 atom stereocenters. The molecule has 0 aliphatic heterocycles. The van der Waals surface area contributed by atoms with Crippen LogP contribution in [-0.4, -0.2) is 10.2 Å². The van der Waals surface area contributed by atoms with E-state index in [2.05, 4.69) is 10.2 Å². The largest absolute Gasteiger partial charge is 0.268 e. The van der Waals surface area contributed by atoms with Gasteiger partial charge in [-0.05, 0) is 29.6 Å². The summed E-state index contributed by atoms with van der Waals surface area (Å²) >= 11 is 7.51. The summed E-state index contributed by atoms with van der Waals surface area (Å²) in [5.74, 6) is 0. The number of aromatic nitrogens is 2. The molecule has 20 heavy (non-hydrogen) atoms. The van der Waals surface area contributed by atoms with Crippen molar-refractivity contribution in [3.8, 4) is 11.3 Å². The van der Waals surface area contributed by atoms with Crippen molar-refractivity contribution < 1.29 is 0 Å². The monoisotopic (exact) mass is 302 g/mol. The summed E-state index contributed by atoms with van der Waals surface area (Å²) in [6.07, 6.45) is 0.621. The van der Waals surface area contributed by atoms with E-state index in [0.717, 1.165) is 16.1 Å². The highest BCUT2D eigenvalue weighted by Gasteiger charge is 2.07. The number of aromatic amines is 1. The molecule has 3 rings (SSSR count). The minimum atomic E-state index is -0.142. The molecule has 0 unspecified atom stereocenters. The highest BCUT2D eigenvalue weighted by atomic mass is 35.5. The normalized spacial score (nSPS) is 10.7. The van der Waals surface area contributed by atoms with Gasteiger partial charge in [0.25, 0.3) is 5.56 Å². The number of benzene rings is 1. The van der Waals surface area contributed by atoms with Crippen LogP contribution in [0.5, 0.6) is 0 Å². The van der Waals surface area contributed by atoms with E-state index < -0.39 is 0 Å². The lowest BCUT2D eigenvalue weighted by Gasteiger charge is -2.03. The number of H-pyrrole nitrogens is 1. The Kier molecular flexibility index (Phi) is 3.67. The molecule has 0 fully saturated rings. The van der Waals surface area contributed by atoms with Crippen LogP contribution in [0.1, 0.15) is 10.4 Å². The molecule has 1 N–H and O–H groups in total. The van der Waals surface area contributed by atoms with Gasteiger partial charge in [-0.15, -0.1) is 11.3 Å². The van der Waals surface area contributed by atoms with Gasteiger partial charge in [0.15, 0.2) is 0 Å². The Hall–Kier alpha value is -1.91. The van der Waals surface area contributed by atoms with E-state index in [0.29, 0.717) is 17.0 Å². The van der Waals surface area contributed by atoms with Crippen molar-refractivity contribution in [2.45, 2.75) is 6.42 Å². The van der Waals surface area contributed by atoms with E-state index >= 15 is 0 Å². The van der Waals surface area contributed by atoms with Gasteiger partial charge in [0.05, 0.1) is 5.69 Å². The number of nitrogens with one attached hydrogen (secondary N) is 1. The average Bonchev–Trinajstić information content (AvgIpc) is 2.95. The summed E-state index contributed by atoms with van der Waals surface area (Å²) < 4.78 is 0. The predicted octanol–water partition coefficient (Wildman–Crippen LogP) is 3.74. The summed E-state index contributed by atoms with van der Waals surface area (Å²) in [5, 5.41) is 9.33. The summed E-state index contributed by atoms with van der Waals surface area (Å²) in [7, 11) is 0. The molecule has 0 spiro atoms. The molecular formula is C15H11ClN2OS. The number of thiophene rings is 1. The fourth-order valence-corrected chi connectivity index (χ4v) is 2.80. The fraction of sp³-hybridized carbons (Fsp3) is 0.0667. The van der Waals surface area contributed by atoms with Gasteiger partial charge in [-0.3, -0.25) is 4.79 Å². The van der Waals surface area contributed by atoms with Gasteiger partial charge in [-0.1, -0.05) is 29.8 Å². The van der Waals surface area contributed by atoms with Crippen LogP contribution in [0, 0.1) is 0 Å². The first-order valence-electron chi connectivity index (χ1n) is 6.09. The number of halogens is 1. The molecule has 2 aromatic heterocycles. The first-order valence-corrected chi connectivity index (χ1v) is 7.35. The van der Waals surface area contributed by atoms with Gasteiger partial charge in [0.1, 0.15) is 0 Å². The first kappa shape index (κ1) is 13.1. The number of hydrogen-bond acceptors (Lipinski definition) is 3. The molecule has 0 amide bonds. The molecule has 0 saturated heterocycles. The summed E-state index contributed by atoms with van der Waals surface area (Å²) in [5.41, 5.74) is 2.24. The highest BCUT2D eigenvalue weighted by molar-refractivity contribution is 7.09. The third-order valence-electron chi connectivity index (χ3n) is 2.97. The first-order chi connectivity index (χ1) is 9.72. The Morgan fingerprint density at radius 3 is 2.70 bits per heavy atom. The van der Waals surface area contributed by atoms with Crippen LogP contribution < -0.4 is 5.56 Å². The van der Waals surface area contributed by atoms with Crippen molar-refractivity contribution in [3.63, 3.8) is 0 Å². The molecule has 0 aliphatic rings. The van der Waals surface area contributed by atoms with Crippen molar-refractivity contribution in [1.29, 1.82) is 0 Å². The van der Waals surface area contributed by atoms with E-state index in [1.165, 1.54) is 0 Å².